The van der Waals surface area contributed by atoms with Crippen LogP contribution in [0.5, 0.6) is 0 Å². The molecule has 96 valence electrons. The highest BCUT2D eigenvalue weighted by atomic mass is 32.2. The minimum atomic E-state index is -1.04. The van der Waals surface area contributed by atoms with Crippen LogP contribution in [-0.2, 0) is 9.59 Å². The molecular weight excluding hydrogens is 258 g/mol. The number of aliphatic carboxylic acids is 1. The van der Waals surface area contributed by atoms with E-state index in [4.69, 9.17) is 17.3 Å². The van der Waals surface area contributed by atoms with Crippen molar-refractivity contribution in [3.63, 3.8) is 0 Å². The number of rotatable bonds is 3. The largest absolute Gasteiger partial charge is 0.480 e. The average Bonchev–Trinajstić information content (AvgIpc) is 2.25. The van der Waals surface area contributed by atoms with E-state index in [2.05, 4.69) is 20.8 Å². The molecule has 1 atom stereocenters. The number of thiocarbonyl (C=S) groups is 1. The lowest BCUT2D eigenvalue weighted by molar-refractivity contribution is -0.142. The second-order valence-electron chi connectivity index (χ2n) is 5.62. The molecule has 0 radical (unpaired) electrons. The third kappa shape index (κ3) is 3.42. The maximum Gasteiger partial charge on any atom is 0.323 e. The first-order chi connectivity index (χ1) is 7.55. The molecule has 0 aliphatic carbocycles. The minimum absolute atomic E-state index is 0.00768. The summed E-state index contributed by atoms with van der Waals surface area (Å²) in [4.78, 5) is 24.1. The van der Waals surface area contributed by atoms with E-state index in [1.807, 2.05) is 6.92 Å². The Morgan fingerprint density at radius 2 is 2.06 bits per heavy atom. The quantitative estimate of drug-likeness (QED) is 0.800. The Hall–Kier alpha value is -0.620. The molecule has 1 unspecified atom stereocenters. The van der Waals surface area contributed by atoms with Crippen LogP contribution in [-0.4, -0.2) is 37.5 Å². The van der Waals surface area contributed by atoms with E-state index < -0.39 is 10.7 Å². The topological polar surface area (TPSA) is 57.6 Å². The van der Waals surface area contributed by atoms with Crippen LogP contribution in [0.4, 0.5) is 0 Å². The van der Waals surface area contributed by atoms with Crippen LogP contribution in [0.2, 0.25) is 0 Å². The molecule has 0 aromatic heterocycles. The van der Waals surface area contributed by atoms with Crippen LogP contribution < -0.4 is 0 Å². The van der Waals surface area contributed by atoms with Gasteiger partial charge in [0.2, 0.25) is 5.91 Å². The fourth-order valence-corrected chi connectivity index (χ4v) is 4.10. The molecule has 17 heavy (non-hydrogen) atoms. The lowest BCUT2D eigenvalue weighted by Gasteiger charge is -2.29. The van der Waals surface area contributed by atoms with Gasteiger partial charge in [-0.2, -0.15) is 0 Å². The molecule has 1 aliphatic rings. The Morgan fingerprint density at radius 3 is 2.47 bits per heavy atom. The third-order valence-electron chi connectivity index (χ3n) is 2.39. The number of carbonyl (C=O) groups excluding carboxylic acids is 1. The Morgan fingerprint density at radius 1 is 1.53 bits per heavy atom. The number of hydrogen-bond acceptors (Lipinski definition) is 4. The maximum atomic E-state index is 12.2. The van der Waals surface area contributed by atoms with Crippen molar-refractivity contribution in [3.8, 4) is 0 Å². The zero-order chi connectivity index (χ0) is 13.4. The molecule has 1 fully saturated rings. The van der Waals surface area contributed by atoms with Gasteiger partial charge in [0.15, 0.2) is 0 Å². The molecule has 4 nitrogen and oxygen atoms in total. The van der Waals surface area contributed by atoms with Crippen molar-refractivity contribution in [1.82, 2.24) is 4.90 Å². The van der Waals surface area contributed by atoms with Crippen LogP contribution in [0.25, 0.3) is 0 Å². The highest BCUT2D eigenvalue weighted by Gasteiger charge is 2.49. The van der Waals surface area contributed by atoms with E-state index in [-0.39, 0.29) is 17.9 Å². The van der Waals surface area contributed by atoms with E-state index in [0.717, 1.165) is 0 Å². The van der Waals surface area contributed by atoms with Crippen LogP contribution in [0.15, 0.2) is 0 Å². The van der Waals surface area contributed by atoms with Crippen molar-refractivity contribution in [1.29, 1.82) is 0 Å². The summed E-state index contributed by atoms with van der Waals surface area (Å²) in [5.41, 5.74) is -0.00768. The molecule has 1 rings (SSSR count). The van der Waals surface area contributed by atoms with Crippen molar-refractivity contribution in [2.24, 2.45) is 5.41 Å². The Labute approximate surface area is 111 Å². The Bertz CT molecular complexity index is 375. The van der Waals surface area contributed by atoms with E-state index >= 15 is 0 Å². The fraction of sp³-hybridized carbons (Fsp3) is 0.727. The van der Waals surface area contributed by atoms with Gasteiger partial charge in [-0.3, -0.25) is 14.5 Å². The number of nitrogens with zero attached hydrogens (tertiary/aromatic N) is 1. The van der Waals surface area contributed by atoms with E-state index in [1.165, 1.54) is 16.7 Å². The summed E-state index contributed by atoms with van der Waals surface area (Å²) in [5, 5.41) is 8.75. The first-order valence-electron chi connectivity index (χ1n) is 5.32. The van der Waals surface area contributed by atoms with Crippen LogP contribution >= 0.6 is 24.0 Å². The lowest BCUT2D eigenvalue weighted by atomic mass is 9.84. The molecule has 6 heteroatoms. The first-order valence-corrected chi connectivity index (χ1v) is 6.54. The summed E-state index contributed by atoms with van der Waals surface area (Å²) in [6.07, 6.45) is 0.666. The minimum Gasteiger partial charge on any atom is -0.480 e. The first kappa shape index (κ1) is 14.4. The Balaban J connectivity index is 2.89. The van der Waals surface area contributed by atoms with Crippen LogP contribution in [0.1, 0.15) is 34.1 Å². The predicted molar refractivity (Wildman–Crippen MR) is 72.0 cm³/mol. The molecule has 0 spiro atoms. The average molecular weight is 275 g/mol. The summed E-state index contributed by atoms with van der Waals surface area (Å²) in [7, 11) is 0. The van der Waals surface area contributed by atoms with E-state index in [9.17, 15) is 9.59 Å². The van der Waals surface area contributed by atoms with Gasteiger partial charge in [0.25, 0.3) is 0 Å². The van der Waals surface area contributed by atoms with Crippen molar-refractivity contribution in [3.05, 3.63) is 0 Å². The van der Waals surface area contributed by atoms with Gasteiger partial charge in [-0.1, -0.05) is 44.8 Å². The highest BCUT2D eigenvalue weighted by Crippen LogP contribution is 2.44. The molecule has 1 heterocycles. The number of thioether (sulfide) groups is 1. The second-order valence-corrected chi connectivity index (χ2v) is 7.76. The smallest absolute Gasteiger partial charge is 0.323 e. The summed E-state index contributed by atoms with van der Waals surface area (Å²) in [6, 6.07) is 0. The van der Waals surface area contributed by atoms with Gasteiger partial charge in [-0.25, -0.2) is 0 Å². The molecule has 1 N–H and O–H groups in total. The number of carboxylic acids is 1. The molecular formula is C11H17NO3S2. The van der Waals surface area contributed by atoms with E-state index in [1.54, 1.807) is 0 Å². The molecule has 1 amide bonds. The Kier molecular flexibility index (Phi) is 3.88. The monoisotopic (exact) mass is 275 g/mol. The van der Waals surface area contributed by atoms with E-state index in [0.29, 0.717) is 10.7 Å². The van der Waals surface area contributed by atoms with Gasteiger partial charge in [0, 0.05) is 0 Å². The normalized spacial score (nSPS) is 25.5. The number of carbonyl (C=O) groups is 2. The van der Waals surface area contributed by atoms with Crippen LogP contribution in [0.3, 0.4) is 0 Å². The highest BCUT2D eigenvalue weighted by molar-refractivity contribution is 8.24. The third-order valence-corrected chi connectivity index (χ3v) is 4.03. The molecule has 0 saturated carbocycles. The van der Waals surface area contributed by atoms with Crippen molar-refractivity contribution >= 4 is 40.2 Å². The van der Waals surface area contributed by atoms with Crippen LogP contribution in [0, 0.1) is 5.41 Å². The zero-order valence-corrected chi connectivity index (χ0v) is 12.1. The molecule has 0 bridgehead atoms. The van der Waals surface area contributed by atoms with Crippen molar-refractivity contribution in [2.45, 2.75) is 38.9 Å². The summed E-state index contributed by atoms with van der Waals surface area (Å²) in [5.74, 6) is -1.23. The fourth-order valence-electron chi connectivity index (χ4n) is 2.06. The number of amides is 1. The standard InChI is InChI=1S/C11H17NO3S2/c1-10(2,3)6-11(4)8(15)12(5-7(13)14)9(16)17-11/h5-6H2,1-4H3,(H,13,14). The number of hydrogen-bond donors (Lipinski definition) is 1. The number of carboxylic acid groups (broad SMARTS) is 1. The second kappa shape index (κ2) is 4.57. The van der Waals surface area contributed by atoms with Gasteiger partial charge in [0.05, 0.1) is 4.75 Å². The van der Waals surface area contributed by atoms with Gasteiger partial charge in [-0.15, -0.1) is 0 Å². The van der Waals surface area contributed by atoms with Gasteiger partial charge in [0.1, 0.15) is 10.9 Å². The van der Waals surface area contributed by atoms with Crippen molar-refractivity contribution < 1.29 is 14.7 Å². The molecule has 0 aromatic carbocycles. The zero-order valence-electron chi connectivity index (χ0n) is 10.4. The van der Waals surface area contributed by atoms with Gasteiger partial charge >= 0.3 is 5.97 Å². The molecule has 0 aromatic rings. The summed E-state index contributed by atoms with van der Waals surface area (Å²) in [6.45, 7) is 7.64. The van der Waals surface area contributed by atoms with Gasteiger partial charge < -0.3 is 5.11 Å². The maximum absolute atomic E-state index is 12.2. The SMILES string of the molecule is CC(C)(C)CC1(C)SC(=S)N(CC(=O)O)C1=O. The molecule has 1 saturated heterocycles. The van der Waals surface area contributed by atoms with Crippen molar-refractivity contribution in [2.75, 3.05) is 6.54 Å². The lowest BCUT2D eigenvalue weighted by Crippen LogP contribution is -2.41. The molecule has 1 aliphatic heterocycles. The summed E-state index contributed by atoms with van der Waals surface area (Å²) >= 11 is 6.38. The predicted octanol–water partition coefficient (Wildman–Crippen LogP) is 2.13. The van der Waals surface area contributed by atoms with Gasteiger partial charge in [-0.05, 0) is 18.8 Å². The summed E-state index contributed by atoms with van der Waals surface area (Å²) < 4.78 is -0.269.